The van der Waals surface area contributed by atoms with Crippen molar-refractivity contribution in [2.45, 2.75) is 26.0 Å². The maximum absolute atomic E-state index is 12.4. The molecule has 0 bridgehead atoms. The fraction of sp³-hybridized carbons (Fsp3) is 0.467. The zero-order valence-electron chi connectivity index (χ0n) is 12.3. The van der Waals surface area contributed by atoms with Crippen LogP contribution in [-0.4, -0.2) is 25.8 Å². The highest BCUT2D eigenvalue weighted by Gasteiger charge is 2.23. The fourth-order valence-electron chi connectivity index (χ4n) is 1.90. The number of nitrogens with zero attached hydrogens (tertiary/aromatic N) is 3. The summed E-state index contributed by atoms with van der Waals surface area (Å²) >= 11 is 0. The van der Waals surface area contributed by atoms with Crippen LogP contribution in [-0.2, 0) is 15.8 Å². The van der Waals surface area contributed by atoms with Gasteiger partial charge in [-0.1, -0.05) is 26.0 Å². The molecule has 0 spiro atoms. The van der Waals surface area contributed by atoms with Gasteiger partial charge >= 0.3 is 0 Å². The summed E-state index contributed by atoms with van der Waals surface area (Å²) in [5, 5.41) is 17.4. The number of sulfonamides is 1. The molecule has 0 saturated carbocycles. The van der Waals surface area contributed by atoms with Crippen LogP contribution < -0.4 is 0 Å². The van der Waals surface area contributed by atoms with Gasteiger partial charge in [0.25, 0.3) is 0 Å². The fourth-order valence-corrected chi connectivity index (χ4v) is 3.59. The predicted octanol–water partition coefficient (Wildman–Crippen LogP) is 2.26. The summed E-state index contributed by atoms with van der Waals surface area (Å²) in [7, 11) is -3.46. The van der Waals surface area contributed by atoms with Gasteiger partial charge in [0.2, 0.25) is 10.0 Å². The van der Waals surface area contributed by atoms with E-state index in [1.165, 1.54) is 4.31 Å². The summed E-state index contributed by atoms with van der Waals surface area (Å²) in [4.78, 5) is 0. The maximum atomic E-state index is 12.4. The quantitative estimate of drug-likeness (QED) is 0.773. The van der Waals surface area contributed by atoms with Gasteiger partial charge in [0.05, 0.1) is 23.5 Å². The van der Waals surface area contributed by atoms with Crippen molar-refractivity contribution in [2.24, 2.45) is 5.92 Å². The molecule has 0 amide bonds. The van der Waals surface area contributed by atoms with Crippen molar-refractivity contribution >= 4 is 10.0 Å². The van der Waals surface area contributed by atoms with Gasteiger partial charge in [-0.2, -0.15) is 10.5 Å². The SMILES string of the molecule is CC(C)CN(CCC#N)S(=O)(=O)Cc1ccc(C#N)cc1. The van der Waals surface area contributed by atoms with E-state index in [1.807, 2.05) is 26.0 Å². The van der Waals surface area contributed by atoms with E-state index in [0.717, 1.165) is 0 Å². The van der Waals surface area contributed by atoms with E-state index >= 15 is 0 Å². The number of benzene rings is 1. The lowest BCUT2D eigenvalue weighted by Gasteiger charge is -2.23. The highest BCUT2D eigenvalue weighted by Crippen LogP contribution is 2.14. The second kappa shape index (κ2) is 7.78. The van der Waals surface area contributed by atoms with Gasteiger partial charge in [0, 0.05) is 19.5 Å². The zero-order chi connectivity index (χ0) is 15.9. The topological polar surface area (TPSA) is 85.0 Å². The third-order valence-corrected chi connectivity index (χ3v) is 4.68. The minimum Gasteiger partial charge on any atom is -0.212 e. The van der Waals surface area contributed by atoms with Crippen molar-refractivity contribution in [3.05, 3.63) is 35.4 Å². The first kappa shape index (κ1) is 17.2. The number of rotatable bonds is 7. The lowest BCUT2D eigenvalue weighted by atomic mass is 10.2. The third-order valence-electron chi connectivity index (χ3n) is 2.87. The second-order valence-corrected chi connectivity index (χ2v) is 7.19. The molecule has 0 saturated heterocycles. The molecule has 0 aliphatic rings. The zero-order valence-corrected chi connectivity index (χ0v) is 13.1. The number of hydrogen-bond acceptors (Lipinski definition) is 4. The van der Waals surface area contributed by atoms with Crippen LogP contribution in [0.4, 0.5) is 0 Å². The van der Waals surface area contributed by atoms with Gasteiger partial charge in [0.1, 0.15) is 0 Å². The first-order valence-electron chi connectivity index (χ1n) is 6.73. The van der Waals surface area contributed by atoms with Gasteiger partial charge in [-0.25, -0.2) is 12.7 Å². The lowest BCUT2D eigenvalue weighted by molar-refractivity contribution is 0.372. The first-order chi connectivity index (χ1) is 9.89. The number of hydrogen-bond donors (Lipinski definition) is 0. The molecule has 6 heteroatoms. The molecule has 1 rings (SSSR count). The highest BCUT2D eigenvalue weighted by atomic mass is 32.2. The Morgan fingerprint density at radius 1 is 1.19 bits per heavy atom. The van der Waals surface area contributed by atoms with E-state index in [-0.39, 0.29) is 24.6 Å². The van der Waals surface area contributed by atoms with Gasteiger partial charge < -0.3 is 0 Å². The second-order valence-electron chi connectivity index (χ2n) is 5.22. The van der Waals surface area contributed by atoms with Gasteiger partial charge in [0.15, 0.2) is 0 Å². The number of nitriles is 2. The molecular formula is C15H19N3O2S. The van der Waals surface area contributed by atoms with Crippen LogP contribution in [0.2, 0.25) is 0 Å². The summed E-state index contributed by atoms with van der Waals surface area (Å²) in [5.74, 6) is 0.0797. The van der Waals surface area contributed by atoms with E-state index in [1.54, 1.807) is 24.3 Å². The standard InChI is InChI=1S/C15H19N3O2S/c1-13(2)11-18(9-3-8-16)21(19,20)12-15-6-4-14(10-17)5-7-15/h4-7,13H,3,9,11-12H2,1-2H3. The van der Waals surface area contributed by atoms with E-state index in [4.69, 9.17) is 10.5 Å². The smallest absolute Gasteiger partial charge is 0.212 e. The van der Waals surface area contributed by atoms with Crippen LogP contribution in [0.3, 0.4) is 0 Å². The molecular weight excluding hydrogens is 286 g/mol. The molecule has 0 fully saturated rings. The van der Waals surface area contributed by atoms with Crippen LogP contribution in [0.5, 0.6) is 0 Å². The monoisotopic (exact) mass is 305 g/mol. The molecule has 21 heavy (non-hydrogen) atoms. The summed E-state index contributed by atoms with van der Waals surface area (Å²) in [6.45, 7) is 4.50. The van der Waals surface area contributed by atoms with E-state index < -0.39 is 10.0 Å². The Kier molecular flexibility index (Phi) is 6.36. The van der Waals surface area contributed by atoms with Crippen molar-refractivity contribution in [3.8, 4) is 12.1 Å². The molecule has 0 aliphatic heterocycles. The third kappa shape index (κ3) is 5.55. The molecule has 112 valence electrons. The molecule has 0 aromatic heterocycles. The van der Waals surface area contributed by atoms with Crippen LogP contribution in [0.25, 0.3) is 0 Å². The Balaban J connectivity index is 2.89. The normalized spacial score (nSPS) is 11.3. The minimum absolute atomic E-state index is 0.114. The van der Waals surface area contributed by atoms with Crippen molar-refractivity contribution in [1.29, 1.82) is 10.5 Å². The summed E-state index contributed by atoms with van der Waals surface area (Å²) in [6, 6.07) is 10.5. The molecule has 1 aromatic carbocycles. The van der Waals surface area contributed by atoms with Crippen molar-refractivity contribution < 1.29 is 8.42 Å². The van der Waals surface area contributed by atoms with Crippen LogP contribution in [0.15, 0.2) is 24.3 Å². The van der Waals surface area contributed by atoms with Crippen LogP contribution >= 0.6 is 0 Å². The average molecular weight is 305 g/mol. The molecule has 0 aliphatic carbocycles. The van der Waals surface area contributed by atoms with Crippen LogP contribution in [0, 0.1) is 28.6 Å². The summed E-state index contributed by atoms with van der Waals surface area (Å²) in [6.07, 6.45) is 0.180. The maximum Gasteiger partial charge on any atom is 0.218 e. The van der Waals surface area contributed by atoms with Crippen molar-refractivity contribution in [2.75, 3.05) is 13.1 Å². The predicted molar refractivity (Wildman–Crippen MR) is 80.4 cm³/mol. The Morgan fingerprint density at radius 3 is 2.29 bits per heavy atom. The first-order valence-corrected chi connectivity index (χ1v) is 8.33. The molecule has 0 N–H and O–H groups in total. The van der Waals surface area contributed by atoms with E-state index in [0.29, 0.717) is 17.7 Å². The molecule has 5 nitrogen and oxygen atoms in total. The minimum atomic E-state index is -3.46. The van der Waals surface area contributed by atoms with Gasteiger partial charge in [-0.15, -0.1) is 0 Å². The van der Waals surface area contributed by atoms with E-state index in [2.05, 4.69) is 0 Å². The Morgan fingerprint density at radius 2 is 1.81 bits per heavy atom. The van der Waals surface area contributed by atoms with Gasteiger partial charge in [-0.05, 0) is 23.6 Å². The molecule has 0 radical (unpaired) electrons. The average Bonchev–Trinajstić information content (AvgIpc) is 2.43. The Labute approximate surface area is 126 Å². The van der Waals surface area contributed by atoms with Gasteiger partial charge in [-0.3, -0.25) is 0 Å². The summed E-state index contributed by atoms with van der Waals surface area (Å²) < 4.78 is 26.3. The van der Waals surface area contributed by atoms with E-state index in [9.17, 15) is 8.42 Å². The lowest BCUT2D eigenvalue weighted by Crippen LogP contribution is -2.35. The molecule has 0 unspecified atom stereocenters. The van der Waals surface area contributed by atoms with Crippen molar-refractivity contribution in [3.63, 3.8) is 0 Å². The molecule has 0 atom stereocenters. The Bertz CT molecular complexity index is 637. The van der Waals surface area contributed by atoms with Crippen LogP contribution in [0.1, 0.15) is 31.4 Å². The Hall–Kier alpha value is -1.89. The highest BCUT2D eigenvalue weighted by molar-refractivity contribution is 7.88. The van der Waals surface area contributed by atoms with Crippen molar-refractivity contribution in [1.82, 2.24) is 4.31 Å². The largest absolute Gasteiger partial charge is 0.218 e. The molecule has 1 aromatic rings. The summed E-state index contributed by atoms with van der Waals surface area (Å²) in [5.41, 5.74) is 1.14. The molecule has 0 heterocycles.